The lowest BCUT2D eigenvalue weighted by atomic mass is 10.1. The van der Waals surface area contributed by atoms with E-state index in [1.54, 1.807) is 6.92 Å². The van der Waals surface area contributed by atoms with E-state index >= 15 is 0 Å². The third-order valence-corrected chi connectivity index (χ3v) is 3.90. The molecule has 4 heteroatoms. The van der Waals surface area contributed by atoms with E-state index in [0.717, 1.165) is 28.6 Å². The van der Waals surface area contributed by atoms with Gasteiger partial charge in [-0.1, -0.05) is 22.0 Å². The van der Waals surface area contributed by atoms with Gasteiger partial charge in [0.1, 0.15) is 12.4 Å². The molecule has 1 aliphatic rings. The topological polar surface area (TPSA) is 38.7 Å². The van der Waals surface area contributed by atoms with Crippen LogP contribution < -0.4 is 4.74 Å². The highest BCUT2D eigenvalue weighted by Crippen LogP contribution is 2.32. The number of aliphatic hydroxyl groups excluding tert-OH is 1. The van der Waals surface area contributed by atoms with Gasteiger partial charge in [0.05, 0.1) is 17.8 Å². The van der Waals surface area contributed by atoms with Crippen LogP contribution in [-0.2, 0) is 4.74 Å². The van der Waals surface area contributed by atoms with Gasteiger partial charge >= 0.3 is 0 Å². The molecule has 2 atom stereocenters. The Labute approximate surface area is 123 Å². The van der Waals surface area contributed by atoms with Gasteiger partial charge in [0.2, 0.25) is 0 Å². The Morgan fingerprint density at radius 1 is 1.53 bits per heavy atom. The van der Waals surface area contributed by atoms with Gasteiger partial charge in [-0.15, -0.1) is 0 Å². The minimum atomic E-state index is -0.538. The highest BCUT2D eigenvalue weighted by molar-refractivity contribution is 9.10. The zero-order valence-electron chi connectivity index (χ0n) is 11.6. The zero-order chi connectivity index (χ0) is 14.0. The van der Waals surface area contributed by atoms with E-state index in [2.05, 4.69) is 29.8 Å². The van der Waals surface area contributed by atoms with E-state index in [-0.39, 0.29) is 11.7 Å². The Morgan fingerprint density at radius 3 is 2.84 bits per heavy atom. The van der Waals surface area contributed by atoms with Gasteiger partial charge in [-0.25, -0.2) is 0 Å². The molecular formula is C15H21BrO3. The molecule has 1 aromatic rings. The molecule has 0 aliphatic carbocycles. The van der Waals surface area contributed by atoms with Crippen LogP contribution in [0, 0.1) is 0 Å². The Bertz CT molecular complexity index is 443. The van der Waals surface area contributed by atoms with Crippen LogP contribution in [0.5, 0.6) is 5.75 Å². The van der Waals surface area contributed by atoms with E-state index < -0.39 is 6.10 Å². The second-order valence-corrected chi connectivity index (χ2v) is 6.62. The van der Waals surface area contributed by atoms with Gasteiger partial charge < -0.3 is 14.6 Å². The molecule has 1 fully saturated rings. The van der Waals surface area contributed by atoms with Gasteiger partial charge in [0, 0.05) is 10.0 Å². The molecule has 1 aliphatic heterocycles. The molecule has 1 saturated heterocycles. The van der Waals surface area contributed by atoms with Crippen molar-refractivity contribution in [3.63, 3.8) is 0 Å². The molecule has 0 saturated carbocycles. The first kappa shape index (κ1) is 14.8. The Morgan fingerprint density at radius 2 is 2.26 bits per heavy atom. The van der Waals surface area contributed by atoms with Crippen molar-refractivity contribution < 1.29 is 14.6 Å². The second kappa shape index (κ2) is 5.81. The lowest BCUT2D eigenvalue weighted by Gasteiger charge is -2.20. The van der Waals surface area contributed by atoms with Crippen LogP contribution in [0.15, 0.2) is 22.7 Å². The molecule has 2 unspecified atom stereocenters. The number of aliphatic hydroxyl groups is 1. The maximum absolute atomic E-state index is 9.74. The van der Waals surface area contributed by atoms with Crippen LogP contribution in [0.25, 0.3) is 0 Å². The normalized spacial score (nSPS) is 23.3. The summed E-state index contributed by atoms with van der Waals surface area (Å²) in [6.07, 6.45) is 1.67. The van der Waals surface area contributed by atoms with Crippen LogP contribution in [0.1, 0.15) is 45.3 Å². The minimum absolute atomic E-state index is 0.0433. The van der Waals surface area contributed by atoms with Gasteiger partial charge in [0.25, 0.3) is 0 Å². The molecule has 0 aromatic heterocycles. The predicted molar refractivity (Wildman–Crippen MR) is 78.5 cm³/mol. The minimum Gasteiger partial charge on any atom is -0.490 e. The molecule has 1 aromatic carbocycles. The van der Waals surface area contributed by atoms with E-state index in [1.165, 1.54) is 0 Å². The van der Waals surface area contributed by atoms with Crippen molar-refractivity contribution in [2.75, 3.05) is 6.61 Å². The maximum Gasteiger partial charge on any atom is 0.126 e. The summed E-state index contributed by atoms with van der Waals surface area (Å²) in [4.78, 5) is 0. The van der Waals surface area contributed by atoms with Crippen LogP contribution in [0.4, 0.5) is 0 Å². The first-order valence-corrected chi connectivity index (χ1v) is 7.45. The predicted octanol–water partition coefficient (Wildman–Crippen LogP) is 3.84. The molecule has 0 radical (unpaired) electrons. The van der Waals surface area contributed by atoms with Crippen LogP contribution in [0.3, 0.4) is 0 Å². The summed E-state index contributed by atoms with van der Waals surface area (Å²) in [5, 5.41) is 9.74. The number of ether oxygens (including phenoxy) is 2. The average Bonchev–Trinajstić information content (AvgIpc) is 2.66. The van der Waals surface area contributed by atoms with Crippen molar-refractivity contribution >= 4 is 15.9 Å². The summed E-state index contributed by atoms with van der Waals surface area (Å²) in [6.45, 7) is 6.48. The third kappa shape index (κ3) is 3.94. The molecule has 19 heavy (non-hydrogen) atoms. The summed E-state index contributed by atoms with van der Waals surface area (Å²) >= 11 is 3.42. The fraction of sp³-hybridized carbons (Fsp3) is 0.600. The van der Waals surface area contributed by atoms with Crippen molar-refractivity contribution in [3.05, 3.63) is 28.2 Å². The van der Waals surface area contributed by atoms with Crippen LogP contribution in [0.2, 0.25) is 0 Å². The SMILES string of the molecule is CC(O)c1ccc(Br)cc1OCC1CCC(C)(C)O1. The first-order valence-electron chi connectivity index (χ1n) is 6.65. The lowest BCUT2D eigenvalue weighted by molar-refractivity contribution is -0.0330. The van der Waals surface area contributed by atoms with Crippen molar-refractivity contribution in [3.8, 4) is 5.75 Å². The largest absolute Gasteiger partial charge is 0.490 e. The van der Waals surface area contributed by atoms with E-state index in [0.29, 0.717) is 6.61 Å². The molecule has 3 nitrogen and oxygen atoms in total. The number of halogens is 1. The summed E-state index contributed by atoms with van der Waals surface area (Å²) in [6, 6.07) is 5.68. The third-order valence-electron chi connectivity index (χ3n) is 3.40. The summed E-state index contributed by atoms with van der Waals surface area (Å²) < 4.78 is 12.7. The number of benzene rings is 1. The molecule has 0 spiro atoms. The highest BCUT2D eigenvalue weighted by atomic mass is 79.9. The van der Waals surface area contributed by atoms with Gasteiger partial charge in [-0.3, -0.25) is 0 Å². The Balaban J connectivity index is 2.01. The maximum atomic E-state index is 9.74. The first-order chi connectivity index (χ1) is 8.87. The summed E-state index contributed by atoms with van der Waals surface area (Å²) in [7, 11) is 0. The summed E-state index contributed by atoms with van der Waals surface area (Å²) in [5.41, 5.74) is 0.763. The molecule has 0 bridgehead atoms. The average molecular weight is 329 g/mol. The molecule has 2 rings (SSSR count). The Kier molecular flexibility index (Phi) is 4.54. The van der Waals surface area contributed by atoms with Crippen molar-refractivity contribution in [1.29, 1.82) is 0 Å². The molecule has 106 valence electrons. The number of hydrogen-bond acceptors (Lipinski definition) is 3. The smallest absolute Gasteiger partial charge is 0.126 e. The number of hydrogen-bond donors (Lipinski definition) is 1. The lowest BCUT2D eigenvalue weighted by Crippen LogP contribution is -2.24. The van der Waals surface area contributed by atoms with Crippen molar-refractivity contribution in [2.24, 2.45) is 0 Å². The van der Waals surface area contributed by atoms with Crippen LogP contribution >= 0.6 is 15.9 Å². The Hall–Kier alpha value is -0.580. The van der Waals surface area contributed by atoms with E-state index in [4.69, 9.17) is 9.47 Å². The van der Waals surface area contributed by atoms with Gasteiger partial charge in [0.15, 0.2) is 0 Å². The quantitative estimate of drug-likeness (QED) is 0.912. The molecule has 1 heterocycles. The van der Waals surface area contributed by atoms with E-state index in [1.807, 2.05) is 18.2 Å². The standard InChI is InChI=1S/C15H21BrO3/c1-10(17)13-5-4-11(16)8-14(13)18-9-12-6-7-15(2,3)19-12/h4-5,8,10,12,17H,6-7,9H2,1-3H3. The molecule has 1 N–H and O–H groups in total. The monoisotopic (exact) mass is 328 g/mol. The highest BCUT2D eigenvalue weighted by Gasteiger charge is 2.32. The fourth-order valence-corrected chi connectivity index (χ4v) is 2.70. The van der Waals surface area contributed by atoms with Crippen molar-refractivity contribution in [1.82, 2.24) is 0 Å². The second-order valence-electron chi connectivity index (χ2n) is 5.71. The number of rotatable bonds is 4. The van der Waals surface area contributed by atoms with E-state index in [9.17, 15) is 5.11 Å². The van der Waals surface area contributed by atoms with Crippen molar-refractivity contribution in [2.45, 2.75) is 51.4 Å². The fourth-order valence-electron chi connectivity index (χ4n) is 2.36. The van der Waals surface area contributed by atoms with Gasteiger partial charge in [-0.05, 0) is 45.7 Å². The zero-order valence-corrected chi connectivity index (χ0v) is 13.2. The molecular weight excluding hydrogens is 308 g/mol. The van der Waals surface area contributed by atoms with Crippen LogP contribution in [-0.4, -0.2) is 23.4 Å². The van der Waals surface area contributed by atoms with Gasteiger partial charge in [-0.2, -0.15) is 0 Å². The molecule has 0 amide bonds. The summed E-state index contributed by atoms with van der Waals surface area (Å²) in [5.74, 6) is 0.720.